The van der Waals surface area contributed by atoms with E-state index < -0.39 is 5.54 Å². The van der Waals surface area contributed by atoms with E-state index in [0.717, 1.165) is 44.2 Å². The molecular formula is C16H28IN5O2. The van der Waals surface area contributed by atoms with Gasteiger partial charge in [-0.1, -0.05) is 0 Å². The monoisotopic (exact) mass is 449 g/mol. The summed E-state index contributed by atoms with van der Waals surface area (Å²) in [6.07, 6.45) is 3.36. The van der Waals surface area contributed by atoms with Crippen LogP contribution in [0.2, 0.25) is 0 Å². The number of aliphatic imine (C=N–C) groups is 1. The molecule has 7 nitrogen and oxygen atoms in total. The lowest BCUT2D eigenvalue weighted by Crippen LogP contribution is -2.61. The average Bonchev–Trinajstić information content (AvgIpc) is 3.05. The third-order valence-electron chi connectivity index (χ3n) is 4.30. The molecule has 24 heavy (non-hydrogen) atoms. The molecule has 1 aliphatic heterocycles. The van der Waals surface area contributed by atoms with Gasteiger partial charge in [-0.2, -0.15) is 0 Å². The van der Waals surface area contributed by atoms with Gasteiger partial charge in [-0.3, -0.25) is 9.69 Å². The van der Waals surface area contributed by atoms with Crippen LogP contribution in [0.25, 0.3) is 0 Å². The van der Waals surface area contributed by atoms with E-state index in [1.807, 2.05) is 19.9 Å². The standard InChI is InChI=1S/C16H27N5O2.HI/c1-4-18-15(19-11-13-5-10-23-12-13)20-6-8-21(9-7-20)16(2,3)14(17)22;/h5,10,12H,4,6-9,11H2,1-3H3,(H2,17,22)(H,18,19);1H. The molecule has 2 rings (SSSR count). The normalized spacial score (nSPS) is 16.6. The predicted molar refractivity (Wildman–Crippen MR) is 105 cm³/mol. The highest BCUT2D eigenvalue weighted by Crippen LogP contribution is 2.16. The van der Waals surface area contributed by atoms with E-state index in [9.17, 15) is 4.79 Å². The number of piperazine rings is 1. The number of nitrogens with two attached hydrogens (primary N) is 1. The molecule has 1 aliphatic rings. The second-order valence-electron chi connectivity index (χ2n) is 6.20. The smallest absolute Gasteiger partial charge is 0.237 e. The van der Waals surface area contributed by atoms with E-state index in [2.05, 4.69) is 27.0 Å². The number of nitrogens with one attached hydrogen (secondary N) is 1. The van der Waals surface area contributed by atoms with Crippen LogP contribution < -0.4 is 11.1 Å². The molecule has 0 aromatic carbocycles. The first-order valence-electron chi connectivity index (χ1n) is 8.04. The Bertz CT molecular complexity index is 537. The number of amides is 1. The molecule has 8 heteroatoms. The van der Waals surface area contributed by atoms with Crippen LogP contribution in [0.15, 0.2) is 28.0 Å². The van der Waals surface area contributed by atoms with Crippen molar-refractivity contribution in [1.29, 1.82) is 0 Å². The van der Waals surface area contributed by atoms with Crippen LogP contribution in [0.3, 0.4) is 0 Å². The van der Waals surface area contributed by atoms with E-state index in [1.54, 1.807) is 12.5 Å². The molecular weight excluding hydrogens is 421 g/mol. The number of hydrogen-bond acceptors (Lipinski definition) is 4. The second-order valence-corrected chi connectivity index (χ2v) is 6.20. The first kappa shape index (κ1) is 20.8. The van der Waals surface area contributed by atoms with Crippen LogP contribution in [0.5, 0.6) is 0 Å². The minimum Gasteiger partial charge on any atom is -0.472 e. The molecule has 0 aliphatic carbocycles. The molecule has 0 atom stereocenters. The SMILES string of the molecule is CCNC(=NCc1ccoc1)N1CCN(C(C)(C)C(N)=O)CC1.I. The van der Waals surface area contributed by atoms with Crippen molar-refractivity contribution in [2.75, 3.05) is 32.7 Å². The Hall–Kier alpha value is -1.29. The summed E-state index contributed by atoms with van der Waals surface area (Å²) in [5.41, 5.74) is 5.94. The largest absolute Gasteiger partial charge is 0.472 e. The fourth-order valence-electron chi connectivity index (χ4n) is 2.61. The Morgan fingerprint density at radius 1 is 1.38 bits per heavy atom. The van der Waals surface area contributed by atoms with Gasteiger partial charge in [0.2, 0.25) is 5.91 Å². The van der Waals surface area contributed by atoms with Gasteiger partial charge in [0.05, 0.1) is 24.6 Å². The van der Waals surface area contributed by atoms with Crippen molar-refractivity contribution in [2.45, 2.75) is 32.9 Å². The van der Waals surface area contributed by atoms with Gasteiger partial charge in [0, 0.05) is 38.3 Å². The summed E-state index contributed by atoms with van der Waals surface area (Å²) in [5.74, 6) is 0.608. The summed E-state index contributed by atoms with van der Waals surface area (Å²) in [6, 6.07) is 1.92. The van der Waals surface area contributed by atoms with Gasteiger partial charge in [0.1, 0.15) is 0 Å². The summed E-state index contributed by atoms with van der Waals surface area (Å²) in [7, 11) is 0. The molecule has 1 aromatic heterocycles. The fraction of sp³-hybridized carbons (Fsp3) is 0.625. The van der Waals surface area contributed by atoms with Crippen LogP contribution in [-0.4, -0.2) is 59.9 Å². The van der Waals surface area contributed by atoms with Crippen molar-refractivity contribution in [3.05, 3.63) is 24.2 Å². The van der Waals surface area contributed by atoms with Gasteiger partial charge in [-0.15, -0.1) is 24.0 Å². The quantitative estimate of drug-likeness (QED) is 0.402. The maximum atomic E-state index is 11.6. The van der Waals surface area contributed by atoms with Crippen LogP contribution in [0, 0.1) is 0 Å². The number of primary amides is 1. The number of carbonyl (C=O) groups is 1. The van der Waals surface area contributed by atoms with E-state index in [4.69, 9.17) is 10.2 Å². The predicted octanol–water partition coefficient (Wildman–Crippen LogP) is 1.24. The zero-order valence-corrected chi connectivity index (χ0v) is 16.9. The molecule has 0 unspecified atom stereocenters. The Morgan fingerprint density at radius 3 is 2.54 bits per heavy atom. The molecule has 1 amide bonds. The van der Waals surface area contributed by atoms with Crippen molar-refractivity contribution in [1.82, 2.24) is 15.1 Å². The van der Waals surface area contributed by atoms with Crippen molar-refractivity contribution < 1.29 is 9.21 Å². The van der Waals surface area contributed by atoms with E-state index in [-0.39, 0.29) is 29.9 Å². The first-order valence-corrected chi connectivity index (χ1v) is 8.04. The maximum Gasteiger partial charge on any atom is 0.237 e. The van der Waals surface area contributed by atoms with Gasteiger partial charge in [-0.25, -0.2) is 4.99 Å². The molecule has 1 fully saturated rings. The Morgan fingerprint density at radius 2 is 2.04 bits per heavy atom. The maximum absolute atomic E-state index is 11.6. The van der Waals surface area contributed by atoms with E-state index in [0.29, 0.717) is 6.54 Å². The number of carbonyl (C=O) groups excluding carboxylic acids is 1. The molecule has 2 heterocycles. The zero-order valence-electron chi connectivity index (χ0n) is 14.6. The lowest BCUT2D eigenvalue weighted by molar-refractivity contribution is -0.129. The Labute approximate surface area is 160 Å². The van der Waals surface area contributed by atoms with Gasteiger partial charge in [0.15, 0.2) is 5.96 Å². The summed E-state index contributed by atoms with van der Waals surface area (Å²) < 4.78 is 5.07. The highest BCUT2D eigenvalue weighted by Gasteiger charge is 2.35. The molecule has 0 bridgehead atoms. The molecule has 1 aromatic rings. The van der Waals surface area contributed by atoms with Crippen molar-refractivity contribution in [2.24, 2.45) is 10.7 Å². The topological polar surface area (TPSA) is 87.1 Å². The zero-order chi connectivity index (χ0) is 16.9. The second kappa shape index (κ2) is 9.26. The van der Waals surface area contributed by atoms with Gasteiger partial charge >= 0.3 is 0 Å². The number of halogens is 1. The molecule has 136 valence electrons. The van der Waals surface area contributed by atoms with Crippen LogP contribution in [0.4, 0.5) is 0 Å². The number of rotatable bonds is 5. The van der Waals surface area contributed by atoms with Crippen LogP contribution in [-0.2, 0) is 11.3 Å². The van der Waals surface area contributed by atoms with Crippen molar-refractivity contribution in [3.63, 3.8) is 0 Å². The van der Waals surface area contributed by atoms with Gasteiger partial charge < -0.3 is 20.4 Å². The molecule has 1 saturated heterocycles. The number of furan rings is 1. The van der Waals surface area contributed by atoms with Gasteiger partial charge in [0.25, 0.3) is 0 Å². The molecule has 3 N–H and O–H groups in total. The van der Waals surface area contributed by atoms with E-state index in [1.165, 1.54) is 0 Å². The van der Waals surface area contributed by atoms with Crippen LogP contribution >= 0.6 is 24.0 Å². The molecule has 0 saturated carbocycles. The van der Waals surface area contributed by atoms with Crippen LogP contribution in [0.1, 0.15) is 26.3 Å². The van der Waals surface area contributed by atoms with Crippen molar-refractivity contribution in [3.8, 4) is 0 Å². The lowest BCUT2D eigenvalue weighted by Gasteiger charge is -2.43. The number of hydrogen-bond donors (Lipinski definition) is 2. The Kier molecular flexibility index (Phi) is 8.01. The average molecular weight is 449 g/mol. The third-order valence-corrected chi connectivity index (χ3v) is 4.30. The first-order chi connectivity index (χ1) is 10.9. The lowest BCUT2D eigenvalue weighted by atomic mass is 10.0. The highest BCUT2D eigenvalue weighted by atomic mass is 127. The number of guanidine groups is 1. The summed E-state index contributed by atoms with van der Waals surface area (Å²) in [6.45, 7) is 10.4. The van der Waals surface area contributed by atoms with Crippen molar-refractivity contribution >= 4 is 35.8 Å². The molecule has 0 radical (unpaired) electrons. The summed E-state index contributed by atoms with van der Waals surface area (Å²) in [5, 5.41) is 3.33. The summed E-state index contributed by atoms with van der Waals surface area (Å²) >= 11 is 0. The summed E-state index contributed by atoms with van der Waals surface area (Å²) in [4.78, 5) is 20.6. The fourth-order valence-corrected chi connectivity index (χ4v) is 2.61. The minimum absolute atomic E-state index is 0. The number of nitrogens with zero attached hydrogens (tertiary/aromatic N) is 3. The Balaban J connectivity index is 0.00000288. The van der Waals surface area contributed by atoms with E-state index >= 15 is 0 Å². The third kappa shape index (κ3) is 5.10. The highest BCUT2D eigenvalue weighted by molar-refractivity contribution is 14.0. The minimum atomic E-state index is -0.613. The van der Waals surface area contributed by atoms with Gasteiger partial charge in [-0.05, 0) is 26.8 Å². The molecule has 0 spiro atoms.